The van der Waals surface area contributed by atoms with Crippen LogP contribution in [0.25, 0.3) is 10.2 Å². The largest absolute Gasteiger partial charge is 0.366 e. The maximum absolute atomic E-state index is 5.43. The van der Waals surface area contributed by atoms with Crippen LogP contribution in [0.4, 0.5) is 11.8 Å². The first-order valence-corrected chi connectivity index (χ1v) is 7.76. The van der Waals surface area contributed by atoms with Crippen LogP contribution in [-0.4, -0.2) is 40.5 Å². The third kappa shape index (κ3) is 3.36. The minimum absolute atomic E-state index is 0.304. The molecule has 0 aromatic carbocycles. The van der Waals surface area contributed by atoms with Crippen molar-refractivity contribution in [1.82, 2.24) is 14.9 Å². The van der Waals surface area contributed by atoms with E-state index in [1.54, 1.807) is 11.3 Å². The summed E-state index contributed by atoms with van der Waals surface area (Å²) in [6.45, 7) is 9.59. The van der Waals surface area contributed by atoms with E-state index in [0.717, 1.165) is 35.7 Å². The van der Waals surface area contributed by atoms with Crippen LogP contribution >= 0.6 is 11.3 Å². The predicted molar refractivity (Wildman–Crippen MR) is 86.1 cm³/mol. The Hall–Kier alpha value is -1.44. The highest BCUT2D eigenvalue weighted by Crippen LogP contribution is 2.26. The van der Waals surface area contributed by atoms with Crippen molar-refractivity contribution in [2.45, 2.75) is 26.8 Å². The molecule has 0 bridgehead atoms. The van der Waals surface area contributed by atoms with E-state index in [1.807, 2.05) is 11.4 Å². The van der Waals surface area contributed by atoms with Crippen molar-refractivity contribution in [3.63, 3.8) is 0 Å². The number of nitrogens with one attached hydrogen (secondary N) is 2. The molecule has 20 heavy (non-hydrogen) atoms. The number of thiophene rings is 1. The van der Waals surface area contributed by atoms with Gasteiger partial charge in [0.2, 0.25) is 5.95 Å². The molecular formula is C13H22N6S. The number of aromatic nitrogens is 2. The summed E-state index contributed by atoms with van der Waals surface area (Å²) in [5, 5.41) is 6.52. The molecule has 0 aliphatic carbocycles. The highest BCUT2D eigenvalue weighted by molar-refractivity contribution is 7.16. The van der Waals surface area contributed by atoms with Crippen LogP contribution in [0.2, 0.25) is 0 Å². The Kier molecular flexibility index (Phi) is 5.11. The summed E-state index contributed by atoms with van der Waals surface area (Å²) in [6, 6.07) is 2.34. The first kappa shape index (κ1) is 15.0. The minimum Gasteiger partial charge on any atom is -0.366 e. The van der Waals surface area contributed by atoms with Crippen molar-refractivity contribution in [3.05, 3.63) is 11.4 Å². The van der Waals surface area contributed by atoms with E-state index in [0.29, 0.717) is 12.0 Å². The zero-order valence-corrected chi connectivity index (χ0v) is 13.0. The van der Waals surface area contributed by atoms with Crippen LogP contribution in [0.3, 0.4) is 0 Å². The Morgan fingerprint density at radius 3 is 2.75 bits per heavy atom. The summed E-state index contributed by atoms with van der Waals surface area (Å²) in [4.78, 5) is 12.1. The van der Waals surface area contributed by atoms with Gasteiger partial charge in [0.05, 0.1) is 5.39 Å². The molecule has 0 spiro atoms. The molecular weight excluding hydrogens is 272 g/mol. The fourth-order valence-corrected chi connectivity index (χ4v) is 2.94. The molecule has 0 radical (unpaired) electrons. The molecule has 0 fully saturated rings. The second-order valence-corrected chi connectivity index (χ2v) is 5.61. The predicted octanol–water partition coefficient (Wildman–Crippen LogP) is 2.12. The molecule has 0 aliphatic rings. The molecule has 0 amide bonds. The Balaban J connectivity index is 2.17. The second-order valence-electron chi connectivity index (χ2n) is 4.71. The molecule has 6 nitrogen and oxygen atoms in total. The number of fused-ring (bicyclic) bond motifs is 1. The van der Waals surface area contributed by atoms with E-state index in [2.05, 4.69) is 46.4 Å². The molecule has 110 valence electrons. The van der Waals surface area contributed by atoms with Gasteiger partial charge in [-0.25, -0.2) is 10.8 Å². The number of rotatable bonds is 7. The van der Waals surface area contributed by atoms with Crippen LogP contribution in [-0.2, 0) is 0 Å². The highest BCUT2D eigenvalue weighted by Gasteiger charge is 2.12. The number of hydrogen-bond donors (Lipinski definition) is 3. The van der Waals surface area contributed by atoms with Gasteiger partial charge in [-0.1, -0.05) is 13.8 Å². The number of hydrazine groups is 1. The summed E-state index contributed by atoms with van der Waals surface area (Å²) in [5.74, 6) is 6.71. The van der Waals surface area contributed by atoms with Gasteiger partial charge in [-0.05, 0) is 31.5 Å². The summed E-state index contributed by atoms with van der Waals surface area (Å²) in [5.41, 5.74) is 2.52. The maximum atomic E-state index is 5.43. The number of nitrogen functional groups attached to an aromatic ring is 1. The van der Waals surface area contributed by atoms with Gasteiger partial charge in [-0.15, -0.1) is 11.3 Å². The van der Waals surface area contributed by atoms with Crippen LogP contribution in [0.1, 0.15) is 20.8 Å². The Labute approximate surface area is 123 Å². The van der Waals surface area contributed by atoms with Crippen molar-refractivity contribution in [3.8, 4) is 0 Å². The number of nitrogens with zero attached hydrogens (tertiary/aromatic N) is 3. The fraction of sp³-hybridized carbons (Fsp3) is 0.538. The molecule has 4 N–H and O–H groups in total. The lowest BCUT2D eigenvalue weighted by molar-refractivity contribution is 0.294. The molecule has 7 heteroatoms. The number of hydrogen-bond acceptors (Lipinski definition) is 7. The number of likely N-dealkylation sites (N-methyl/N-ethyl adjacent to an activating group) is 1. The molecule has 0 saturated carbocycles. The standard InChI is InChI=1S/C13H22N6S/c1-4-19(5-2)8-9(3)15-11-10-6-7-20-12(10)17-13(16-11)18-14/h6-7,9H,4-5,8,14H2,1-3H3,(H2,15,16,17,18). The smallest absolute Gasteiger partial charge is 0.240 e. The number of nitrogens with two attached hydrogens (primary N) is 1. The molecule has 1 unspecified atom stereocenters. The quantitative estimate of drug-likeness (QED) is 0.536. The van der Waals surface area contributed by atoms with Crippen molar-refractivity contribution >= 4 is 33.3 Å². The van der Waals surface area contributed by atoms with Gasteiger partial charge in [0.15, 0.2) is 0 Å². The van der Waals surface area contributed by atoms with E-state index in [1.165, 1.54) is 0 Å². The lowest BCUT2D eigenvalue weighted by Gasteiger charge is -2.24. The average Bonchev–Trinajstić information content (AvgIpc) is 2.93. The third-order valence-electron chi connectivity index (χ3n) is 3.26. The van der Waals surface area contributed by atoms with Crippen LogP contribution in [0.5, 0.6) is 0 Å². The lowest BCUT2D eigenvalue weighted by atomic mass is 10.3. The summed E-state index contributed by atoms with van der Waals surface area (Å²) in [7, 11) is 0. The third-order valence-corrected chi connectivity index (χ3v) is 4.07. The Bertz CT molecular complexity index is 551. The van der Waals surface area contributed by atoms with Gasteiger partial charge in [-0.2, -0.15) is 4.98 Å². The van der Waals surface area contributed by atoms with Crippen molar-refractivity contribution in [2.75, 3.05) is 30.4 Å². The van der Waals surface area contributed by atoms with E-state index in [4.69, 9.17) is 5.84 Å². The fourth-order valence-electron chi connectivity index (χ4n) is 2.18. The Morgan fingerprint density at radius 2 is 2.10 bits per heavy atom. The first-order valence-electron chi connectivity index (χ1n) is 6.88. The molecule has 0 saturated heterocycles. The van der Waals surface area contributed by atoms with Crippen molar-refractivity contribution in [1.29, 1.82) is 0 Å². The van der Waals surface area contributed by atoms with Gasteiger partial charge in [0, 0.05) is 12.6 Å². The second kappa shape index (κ2) is 6.83. The monoisotopic (exact) mass is 294 g/mol. The Morgan fingerprint density at radius 1 is 1.35 bits per heavy atom. The van der Waals surface area contributed by atoms with Gasteiger partial charge in [0.25, 0.3) is 0 Å². The summed E-state index contributed by atoms with van der Waals surface area (Å²) in [6.07, 6.45) is 0. The number of anilines is 2. The topological polar surface area (TPSA) is 79.1 Å². The van der Waals surface area contributed by atoms with E-state index >= 15 is 0 Å². The van der Waals surface area contributed by atoms with Crippen molar-refractivity contribution < 1.29 is 0 Å². The molecule has 2 rings (SSSR count). The summed E-state index contributed by atoms with van der Waals surface area (Å²) < 4.78 is 0. The van der Waals surface area contributed by atoms with Crippen LogP contribution < -0.4 is 16.6 Å². The van der Waals surface area contributed by atoms with Gasteiger partial charge in [-0.3, -0.25) is 5.43 Å². The van der Waals surface area contributed by atoms with Crippen LogP contribution in [0, 0.1) is 0 Å². The molecule has 2 heterocycles. The van der Waals surface area contributed by atoms with Gasteiger partial charge >= 0.3 is 0 Å². The maximum Gasteiger partial charge on any atom is 0.240 e. The molecule has 0 aliphatic heterocycles. The highest BCUT2D eigenvalue weighted by atomic mass is 32.1. The van der Waals surface area contributed by atoms with E-state index in [9.17, 15) is 0 Å². The summed E-state index contributed by atoms with van der Waals surface area (Å²) >= 11 is 1.58. The zero-order valence-electron chi connectivity index (χ0n) is 12.2. The minimum atomic E-state index is 0.304. The van der Waals surface area contributed by atoms with Gasteiger partial charge in [0.1, 0.15) is 10.6 Å². The zero-order chi connectivity index (χ0) is 14.5. The van der Waals surface area contributed by atoms with Crippen molar-refractivity contribution in [2.24, 2.45) is 5.84 Å². The van der Waals surface area contributed by atoms with E-state index in [-0.39, 0.29) is 0 Å². The van der Waals surface area contributed by atoms with Crippen LogP contribution in [0.15, 0.2) is 11.4 Å². The van der Waals surface area contributed by atoms with E-state index < -0.39 is 0 Å². The van der Waals surface area contributed by atoms with Gasteiger partial charge < -0.3 is 10.2 Å². The normalized spacial score (nSPS) is 12.8. The molecule has 2 aromatic rings. The molecule has 2 aromatic heterocycles. The average molecular weight is 294 g/mol. The first-order chi connectivity index (χ1) is 9.67. The lowest BCUT2D eigenvalue weighted by Crippen LogP contribution is -2.35. The molecule has 1 atom stereocenters. The SMILES string of the molecule is CCN(CC)CC(C)Nc1nc(NN)nc2sccc12.